The fourth-order valence-corrected chi connectivity index (χ4v) is 2.44. The monoisotopic (exact) mass is 267 g/mol. The van der Waals surface area contributed by atoms with Crippen LogP contribution in [0, 0.1) is 0 Å². The predicted molar refractivity (Wildman–Crippen MR) is 73.1 cm³/mol. The lowest BCUT2D eigenvalue weighted by atomic mass is 10.1. The maximum Gasteiger partial charge on any atom is 0.226 e. The quantitative estimate of drug-likeness (QED) is 0.820. The molecule has 2 rings (SSSR count). The highest BCUT2D eigenvalue weighted by atomic mass is 16.5. The van der Waals surface area contributed by atoms with Crippen molar-refractivity contribution < 1.29 is 9.26 Å². The molecule has 2 unspecified atom stereocenters. The number of rotatable bonds is 7. The van der Waals surface area contributed by atoms with Crippen LogP contribution in [0.3, 0.4) is 0 Å². The molecule has 19 heavy (non-hydrogen) atoms. The summed E-state index contributed by atoms with van der Waals surface area (Å²) in [4.78, 5) is 4.45. The zero-order valence-corrected chi connectivity index (χ0v) is 12.0. The Bertz CT molecular complexity index is 361. The Morgan fingerprint density at radius 1 is 1.42 bits per heavy atom. The van der Waals surface area contributed by atoms with E-state index in [9.17, 15) is 0 Å². The molecule has 108 valence electrons. The second-order valence-electron chi connectivity index (χ2n) is 5.29. The Balaban J connectivity index is 1.75. The molecule has 0 bridgehead atoms. The molecule has 1 saturated heterocycles. The average molecular weight is 267 g/mol. The normalized spacial score (nSPS) is 21.5. The molecule has 0 amide bonds. The van der Waals surface area contributed by atoms with Crippen LogP contribution in [0.15, 0.2) is 4.52 Å². The SMILES string of the molecule is CCNC(C)CCc1nc(CC2CCCCO2)no1. The summed E-state index contributed by atoms with van der Waals surface area (Å²) < 4.78 is 11.0. The third kappa shape index (κ3) is 4.91. The van der Waals surface area contributed by atoms with Crippen molar-refractivity contribution in [3.8, 4) is 0 Å². The predicted octanol–water partition coefficient (Wildman–Crippen LogP) is 2.11. The minimum atomic E-state index is 0.278. The number of hydrogen-bond donors (Lipinski definition) is 1. The van der Waals surface area contributed by atoms with Crippen molar-refractivity contribution in [2.75, 3.05) is 13.2 Å². The number of aromatic nitrogens is 2. The van der Waals surface area contributed by atoms with Gasteiger partial charge in [-0.2, -0.15) is 4.98 Å². The molecule has 0 aliphatic carbocycles. The number of nitrogens with zero attached hydrogens (tertiary/aromatic N) is 2. The molecule has 0 radical (unpaired) electrons. The third-order valence-corrected chi connectivity index (χ3v) is 3.54. The summed E-state index contributed by atoms with van der Waals surface area (Å²) in [6, 6.07) is 0.488. The zero-order chi connectivity index (χ0) is 13.5. The van der Waals surface area contributed by atoms with Gasteiger partial charge in [0.25, 0.3) is 0 Å². The fourth-order valence-electron chi connectivity index (χ4n) is 2.44. The van der Waals surface area contributed by atoms with Crippen molar-refractivity contribution in [1.82, 2.24) is 15.5 Å². The lowest BCUT2D eigenvalue weighted by Crippen LogP contribution is -2.25. The van der Waals surface area contributed by atoms with Crippen molar-refractivity contribution in [2.45, 2.75) is 64.5 Å². The smallest absolute Gasteiger partial charge is 0.226 e. The van der Waals surface area contributed by atoms with Crippen LogP contribution in [0.2, 0.25) is 0 Å². The molecule has 2 heterocycles. The van der Waals surface area contributed by atoms with Gasteiger partial charge >= 0.3 is 0 Å². The maximum absolute atomic E-state index is 5.69. The molecule has 5 nitrogen and oxygen atoms in total. The Morgan fingerprint density at radius 3 is 3.05 bits per heavy atom. The molecular weight excluding hydrogens is 242 g/mol. The molecule has 1 fully saturated rings. The molecule has 1 aromatic heterocycles. The molecule has 0 aromatic carbocycles. The summed E-state index contributed by atoms with van der Waals surface area (Å²) in [5, 5.41) is 7.43. The highest BCUT2D eigenvalue weighted by Gasteiger charge is 2.17. The minimum absolute atomic E-state index is 0.278. The van der Waals surface area contributed by atoms with Crippen LogP contribution in [-0.2, 0) is 17.6 Å². The lowest BCUT2D eigenvalue weighted by Gasteiger charge is -2.20. The number of aryl methyl sites for hydroxylation is 1. The average Bonchev–Trinajstić information content (AvgIpc) is 2.86. The van der Waals surface area contributed by atoms with E-state index in [2.05, 4.69) is 29.3 Å². The van der Waals surface area contributed by atoms with Gasteiger partial charge in [0.15, 0.2) is 5.82 Å². The maximum atomic E-state index is 5.69. The van der Waals surface area contributed by atoms with E-state index in [0.29, 0.717) is 6.04 Å². The van der Waals surface area contributed by atoms with Crippen LogP contribution in [0.5, 0.6) is 0 Å². The highest BCUT2D eigenvalue weighted by molar-refractivity contribution is 4.90. The van der Waals surface area contributed by atoms with Crippen molar-refractivity contribution in [3.05, 3.63) is 11.7 Å². The number of hydrogen-bond acceptors (Lipinski definition) is 5. The highest BCUT2D eigenvalue weighted by Crippen LogP contribution is 2.16. The van der Waals surface area contributed by atoms with Crippen LogP contribution >= 0.6 is 0 Å². The van der Waals surface area contributed by atoms with Gasteiger partial charge in [-0.15, -0.1) is 0 Å². The summed E-state index contributed by atoms with van der Waals surface area (Å²) in [5.74, 6) is 1.54. The second-order valence-corrected chi connectivity index (χ2v) is 5.29. The lowest BCUT2D eigenvalue weighted by molar-refractivity contribution is 0.0153. The van der Waals surface area contributed by atoms with Gasteiger partial charge in [0, 0.05) is 25.5 Å². The first-order valence-corrected chi connectivity index (χ1v) is 7.44. The molecule has 5 heteroatoms. The van der Waals surface area contributed by atoms with Gasteiger partial charge in [-0.1, -0.05) is 12.1 Å². The molecule has 0 saturated carbocycles. The van der Waals surface area contributed by atoms with Gasteiger partial charge in [0.2, 0.25) is 5.89 Å². The van der Waals surface area contributed by atoms with Gasteiger partial charge in [0.05, 0.1) is 6.10 Å². The Morgan fingerprint density at radius 2 is 2.32 bits per heavy atom. The standard InChI is InChI=1S/C14H25N3O2/c1-3-15-11(2)7-8-14-16-13(17-19-14)10-12-6-4-5-9-18-12/h11-12,15H,3-10H2,1-2H3. The Kier molecular flexibility index (Phi) is 5.79. The molecule has 1 N–H and O–H groups in total. The summed E-state index contributed by atoms with van der Waals surface area (Å²) in [7, 11) is 0. The number of nitrogens with one attached hydrogen (secondary N) is 1. The van der Waals surface area contributed by atoms with Gasteiger partial charge in [-0.05, 0) is 39.2 Å². The van der Waals surface area contributed by atoms with Crippen molar-refractivity contribution in [1.29, 1.82) is 0 Å². The minimum Gasteiger partial charge on any atom is -0.378 e. The van der Waals surface area contributed by atoms with Crippen LogP contribution in [0.25, 0.3) is 0 Å². The topological polar surface area (TPSA) is 60.2 Å². The summed E-state index contributed by atoms with van der Waals surface area (Å²) >= 11 is 0. The molecule has 1 aliphatic rings. The van der Waals surface area contributed by atoms with E-state index in [-0.39, 0.29) is 6.10 Å². The van der Waals surface area contributed by atoms with Crippen LogP contribution in [0.1, 0.15) is 51.2 Å². The molecule has 1 aliphatic heterocycles. The van der Waals surface area contributed by atoms with E-state index in [1.54, 1.807) is 0 Å². The van der Waals surface area contributed by atoms with E-state index < -0.39 is 0 Å². The van der Waals surface area contributed by atoms with E-state index in [4.69, 9.17) is 9.26 Å². The van der Waals surface area contributed by atoms with E-state index in [1.165, 1.54) is 12.8 Å². The second kappa shape index (κ2) is 7.60. The largest absolute Gasteiger partial charge is 0.378 e. The van der Waals surface area contributed by atoms with Crippen molar-refractivity contribution >= 4 is 0 Å². The molecular formula is C14H25N3O2. The first-order valence-electron chi connectivity index (χ1n) is 7.44. The van der Waals surface area contributed by atoms with Gasteiger partial charge in [-0.3, -0.25) is 0 Å². The first kappa shape index (κ1) is 14.5. The van der Waals surface area contributed by atoms with Crippen LogP contribution in [-0.4, -0.2) is 35.4 Å². The summed E-state index contributed by atoms with van der Waals surface area (Å²) in [5.41, 5.74) is 0. The van der Waals surface area contributed by atoms with Gasteiger partial charge in [0.1, 0.15) is 0 Å². The van der Waals surface area contributed by atoms with Crippen molar-refractivity contribution in [3.63, 3.8) is 0 Å². The van der Waals surface area contributed by atoms with Crippen LogP contribution < -0.4 is 5.32 Å². The van der Waals surface area contributed by atoms with E-state index >= 15 is 0 Å². The summed E-state index contributed by atoms with van der Waals surface area (Å²) in [6.07, 6.45) is 6.46. The summed E-state index contributed by atoms with van der Waals surface area (Å²) in [6.45, 7) is 6.16. The Labute approximate surface area is 115 Å². The van der Waals surface area contributed by atoms with Crippen molar-refractivity contribution in [2.24, 2.45) is 0 Å². The van der Waals surface area contributed by atoms with E-state index in [0.717, 1.165) is 50.6 Å². The van der Waals surface area contributed by atoms with Gasteiger partial charge < -0.3 is 14.6 Å². The third-order valence-electron chi connectivity index (χ3n) is 3.54. The molecule has 2 atom stereocenters. The van der Waals surface area contributed by atoms with Gasteiger partial charge in [-0.25, -0.2) is 0 Å². The van der Waals surface area contributed by atoms with E-state index in [1.807, 2.05) is 0 Å². The zero-order valence-electron chi connectivity index (χ0n) is 12.0. The number of ether oxygens (including phenoxy) is 1. The molecule has 1 aromatic rings. The fraction of sp³-hybridized carbons (Fsp3) is 0.857. The first-order chi connectivity index (χ1) is 9.28. The van der Waals surface area contributed by atoms with Crippen LogP contribution in [0.4, 0.5) is 0 Å². The Hall–Kier alpha value is -0.940. The molecule has 0 spiro atoms.